The van der Waals surface area contributed by atoms with Crippen LogP contribution in [-0.4, -0.2) is 35.8 Å². The highest BCUT2D eigenvalue weighted by molar-refractivity contribution is 5.40. The average Bonchev–Trinajstić information content (AvgIpc) is 2.71. The highest BCUT2D eigenvalue weighted by Crippen LogP contribution is 2.12. The highest BCUT2D eigenvalue weighted by Gasteiger charge is 2.15. The van der Waals surface area contributed by atoms with Gasteiger partial charge in [0, 0.05) is 19.3 Å². The zero-order valence-electron chi connectivity index (χ0n) is 8.86. The van der Waals surface area contributed by atoms with Crippen LogP contribution in [0.25, 0.3) is 0 Å². The minimum Gasteiger partial charge on any atom is -0.379 e. The van der Waals surface area contributed by atoms with E-state index in [2.05, 4.69) is 20.6 Å². The number of aromatic nitrogens is 2. The molecule has 2 heterocycles. The Morgan fingerprint density at radius 1 is 1.60 bits per heavy atom. The van der Waals surface area contributed by atoms with Crippen molar-refractivity contribution in [1.29, 1.82) is 0 Å². The van der Waals surface area contributed by atoms with Gasteiger partial charge in [0.25, 0.3) is 0 Å². The number of hydrogen-bond acceptors (Lipinski definition) is 5. The molecule has 1 fully saturated rings. The maximum Gasteiger partial charge on any atom is 0.224 e. The van der Waals surface area contributed by atoms with E-state index in [9.17, 15) is 0 Å². The first kappa shape index (κ1) is 10.2. The molecule has 0 aromatic carbocycles. The van der Waals surface area contributed by atoms with Crippen LogP contribution in [0.4, 0.5) is 11.8 Å². The van der Waals surface area contributed by atoms with Gasteiger partial charge in [0.05, 0.1) is 12.6 Å². The van der Waals surface area contributed by atoms with Crippen molar-refractivity contribution < 1.29 is 4.74 Å². The molecule has 1 saturated heterocycles. The molecule has 0 saturated carbocycles. The van der Waals surface area contributed by atoms with Crippen LogP contribution in [0.15, 0.2) is 12.3 Å². The van der Waals surface area contributed by atoms with Gasteiger partial charge in [-0.05, 0) is 19.4 Å². The van der Waals surface area contributed by atoms with Gasteiger partial charge in [-0.25, -0.2) is 4.98 Å². The van der Waals surface area contributed by atoms with E-state index in [1.165, 1.54) is 0 Å². The lowest BCUT2D eigenvalue weighted by atomic mass is 10.2. The standard InChI is InChI=1S/C10H16N4O/c1-2-11-10-12-5-3-9(14-10)13-8-4-6-15-7-8/h3,5,8H,2,4,6-7H2,1H3,(H2,11,12,13,14). The quantitative estimate of drug-likeness (QED) is 0.776. The van der Waals surface area contributed by atoms with Crippen molar-refractivity contribution >= 4 is 11.8 Å². The summed E-state index contributed by atoms with van der Waals surface area (Å²) in [6.07, 6.45) is 2.80. The molecule has 0 amide bonds. The van der Waals surface area contributed by atoms with Crippen LogP contribution < -0.4 is 10.6 Å². The average molecular weight is 208 g/mol. The number of hydrogen-bond donors (Lipinski definition) is 2. The second-order valence-electron chi connectivity index (χ2n) is 3.50. The van der Waals surface area contributed by atoms with Gasteiger partial charge < -0.3 is 15.4 Å². The number of nitrogens with one attached hydrogen (secondary N) is 2. The summed E-state index contributed by atoms with van der Waals surface area (Å²) in [6.45, 7) is 4.45. The highest BCUT2D eigenvalue weighted by atomic mass is 16.5. The molecule has 0 aliphatic carbocycles. The van der Waals surface area contributed by atoms with Crippen molar-refractivity contribution in [3.05, 3.63) is 12.3 Å². The molecule has 1 aromatic rings. The fraction of sp³-hybridized carbons (Fsp3) is 0.600. The summed E-state index contributed by atoms with van der Waals surface area (Å²) >= 11 is 0. The first-order valence-corrected chi connectivity index (χ1v) is 5.29. The Hall–Kier alpha value is -1.36. The largest absolute Gasteiger partial charge is 0.379 e. The van der Waals surface area contributed by atoms with Gasteiger partial charge in [-0.1, -0.05) is 0 Å². The maximum atomic E-state index is 5.29. The van der Waals surface area contributed by atoms with Crippen LogP contribution in [0.5, 0.6) is 0 Å². The maximum absolute atomic E-state index is 5.29. The Labute approximate surface area is 89.3 Å². The summed E-state index contributed by atoms with van der Waals surface area (Å²) in [4.78, 5) is 8.45. The molecule has 5 nitrogen and oxygen atoms in total. The van der Waals surface area contributed by atoms with Gasteiger partial charge in [0.1, 0.15) is 5.82 Å². The minimum atomic E-state index is 0.384. The zero-order chi connectivity index (χ0) is 10.5. The van der Waals surface area contributed by atoms with Gasteiger partial charge in [-0.15, -0.1) is 0 Å². The van der Waals surface area contributed by atoms with Crippen molar-refractivity contribution in [2.24, 2.45) is 0 Å². The van der Waals surface area contributed by atoms with Gasteiger partial charge in [0.2, 0.25) is 5.95 Å². The van der Waals surface area contributed by atoms with Crippen LogP contribution in [0, 0.1) is 0 Å². The molecular weight excluding hydrogens is 192 g/mol. The number of nitrogens with zero attached hydrogens (tertiary/aromatic N) is 2. The van der Waals surface area contributed by atoms with E-state index in [-0.39, 0.29) is 0 Å². The summed E-state index contributed by atoms with van der Waals surface area (Å²) in [7, 11) is 0. The molecule has 1 aliphatic heterocycles. The van der Waals surface area contributed by atoms with E-state index in [4.69, 9.17) is 4.74 Å². The van der Waals surface area contributed by atoms with E-state index < -0.39 is 0 Å². The van der Waals surface area contributed by atoms with Gasteiger partial charge in [0.15, 0.2) is 0 Å². The third kappa shape index (κ3) is 2.79. The molecule has 0 spiro atoms. The molecule has 0 radical (unpaired) electrons. The van der Waals surface area contributed by atoms with Gasteiger partial charge in [-0.2, -0.15) is 4.98 Å². The number of rotatable bonds is 4. The first-order valence-electron chi connectivity index (χ1n) is 5.29. The Bertz CT molecular complexity index is 312. The predicted molar refractivity (Wildman–Crippen MR) is 59.0 cm³/mol. The molecule has 2 N–H and O–H groups in total. The van der Waals surface area contributed by atoms with Gasteiger partial charge in [-0.3, -0.25) is 0 Å². The van der Waals surface area contributed by atoms with E-state index in [1.54, 1.807) is 6.20 Å². The summed E-state index contributed by atoms with van der Waals surface area (Å²) in [6, 6.07) is 2.26. The minimum absolute atomic E-state index is 0.384. The fourth-order valence-electron chi connectivity index (χ4n) is 1.54. The number of anilines is 2. The van der Waals surface area contributed by atoms with Crippen LogP contribution in [0.2, 0.25) is 0 Å². The molecule has 1 atom stereocenters. The SMILES string of the molecule is CCNc1nccc(NC2CCOC2)n1. The van der Waals surface area contributed by atoms with Crippen LogP contribution in [0.3, 0.4) is 0 Å². The molecule has 1 unspecified atom stereocenters. The van der Waals surface area contributed by atoms with Crippen molar-refractivity contribution in [2.75, 3.05) is 30.4 Å². The predicted octanol–water partition coefficient (Wildman–Crippen LogP) is 1.11. The molecule has 0 bridgehead atoms. The monoisotopic (exact) mass is 208 g/mol. The Morgan fingerprint density at radius 2 is 2.53 bits per heavy atom. The van der Waals surface area contributed by atoms with Crippen molar-refractivity contribution in [3.8, 4) is 0 Å². The normalized spacial score (nSPS) is 20.2. The summed E-state index contributed by atoms with van der Waals surface area (Å²) in [5.74, 6) is 1.53. The van der Waals surface area contributed by atoms with Crippen LogP contribution in [0.1, 0.15) is 13.3 Å². The lowest BCUT2D eigenvalue weighted by molar-refractivity contribution is 0.195. The molecule has 2 rings (SSSR count). The summed E-state index contributed by atoms with van der Waals surface area (Å²) in [5, 5.41) is 6.40. The van der Waals surface area contributed by atoms with E-state index >= 15 is 0 Å². The zero-order valence-corrected chi connectivity index (χ0v) is 8.86. The Morgan fingerprint density at radius 3 is 3.27 bits per heavy atom. The van der Waals surface area contributed by atoms with Crippen molar-refractivity contribution in [2.45, 2.75) is 19.4 Å². The van der Waals surface area contributed by atoms with Crippen molar-refractivity contribution in [3.63, 3.8) is 0 Å². The van der Waals surface area contributed by atoms with Crippen molar-refractivity contribution in [1.82, 2.24) is 9.97 Å². The molecule has 1 aromatic heterocycles. The van der Waals surface area contributed by atoms with E-state index in [0.29, 0.717) is 12.0 Å². The molecule has 15 heavy (non-hydrogen) atoms. The van der Waals surface area contributed by atoms with E-state index in [1.807, 2.05) is 13.0 Å². The van der Waals surface area contributed by atoms with E-state index in [0.717, 1.165) is 32.0 Å². The lowest BCUT2D eigenvalue weighted by Gasteiger charge is -2.11. The Kier molecular flexibility index (Phi) is 3.34. The molecule has 5 heteroatoms. The number of ether oxygens (including phenoxy) is 1. The molecule has 1 aliphatic rings. The summed E-state index contributed by atoms with van der Waals surface area (Å²) in [5.41, 5.74) is 0. The van der Waals surface area contributed by atoms with Crippen LogP contribution in [-0.2, 0) is 4.74 Å². The smallest absolute Gasteiger partial charge is 0.224 e. The van der Waals surface area contributed by atoms with Crippen LogP contribution >= 0.6 is 0 Å². The first-order chi connectivity index (χ1) is 7.38. The topological polar surface area (TPSA) is 59.1 Å². The third-order valence-corrected chi connectivity index (χ3v) is 2.27. The lowest BCUT2D eigenvalue weighted by Crippen LogP contribution is -2.20. The second kappa shape index (κ2) is 4.93. The molecule has 82 valence electrons. The summed E-state index contributed by atoms with van der Waals surface area (Å²) < 4.78 is 5.29. The third-order valence-electron chi connectivity index (χ3n) is 2.27. The Balaban J connectivity index is 1.97. The fourth-order valence-corrected chi connectivity index (χ4v) is 1.54. The van der Waals surface area contributed by atoms with Gasteiger partial charge >= 0.3 is 0 Å². The molecular formula is C10H16N4O. The second-order valence-corrected chi connectivity index (χ2v) is 3.50.